The van der Waals surface area contributed by atoms with Crippen molar-refractivity contribution in [1.29, 1.82) is 0 Å². The molecule has 0 bridgehead atoms. The molecule has 0 saturated heterocycles. The van der Waals surface area contributed by atoms with Crippen LogP contribution < -0.4 is 15.8 Å². The largest absolute Gasteiger partial charge is 0.495 e. The molecule has 2 aromatic carbocycles. The van der Waals surface area contributed by atoms with Crippen LogP contribution in [0.1, 0.15) is 5.56 Å². The standard InChI is InChI=1S/C15H15ClN2OS2/c1-19-12-7-6-9(16)8-11(12)18-10-4-3-5-13(21-2)14(10)15(17)20/h3-8,18H,1-2H3,(H2,17,20). The van der Waals surface area contributed by atoms with Gasteiger partial charge >= 0.3 is 0 Å². The maximum atomic E-state index is 6.05. The first-order valence-corrected chi connectivity index (χ1v) is 8.15. The van der Waals surface area contributed by atoms with E-state index < -0.39 is 0 Å². The van der Waals surface area contributed by atoms with Crippen LogP contribution in [0.5, 0.6) is 5.75 Å². The summed E-state index contributed by atoms with van der Waals surface area (Å²) in [5.41, 5.74) is 8.28. The number of thioether (sulfide) groups is 1. The number of nitrogens with one attached hydrogen (secondary N) is 1. The lowest BCUT2D eigenvalue weighted by Crippen LogP contribution is -2.13. The zero-order chi connectivity index (χ0) is 15.4. The van der Waals surface area contributed by atoms with Gasteiger partial charge in [0.25, 0.3) is 0 Å². The molecule has 0 aromatic heterocycles. The molecule has 0 saturated carbocycles. The second-order valence-corrected chi connectivity index (χ2v) is 5.94. The normalized spacial score (nSPS) is 10.2. The topological polar surface area (TPSA) is 47.3 Å². The van der Waals surface area contributed by atoms with E-state index in [1.54, 1.807) is 31.0 Å². The number of benzene rings is 2. The molecule has 2 rings (SSSR count). The van der Waals surface area contributed by atoms with Crippen LogP contribution in [-0.2, 0) is 0 Å². The summed E-state index contributed by atoms with van der Waals surface area (Å²) in [5, 5.41) is 3.92. The average molecular weight is 339 g/mol. The molecule has 3 nitrogen and oxygen atoms in total. The highest BCUT2D eigenvalue weighted by molar-refractivity contribution is 7.98. The quantitative estimate of drug-likeness (QED) is 0.623. The first kappa shape index (κ1) is 15.9. The Bertz CT molecular complexity index is 677. The Morgan fingerprint density at radius 1 is 1.29 bits per heavy atom. The van der Waals surface area contributed by atoms with Gasteiger partial charge in [-0.3, -0.25) is 0 Å². The third kappa shape index (κ3) is 3.61. The summed E-state index contributed by atoms with van der Waals surface area (Å²) in [7, 11) is 1.61. The third-order valence-electron chi connectivity index (χ3n) is 2.92. The lowest BCUT2D eigenvalue weighted by molar-refractivity contribution is 0.417. The molecule has 0 unspecified atom stereocenters. The van der Waals surface area contributed by atoms with E-state index in [1.165, 1.54) is 0 Å². The SMILES string of the molecule is COc1ccc(Cl)cc1Nc1cccc(SC)c1C(N)=S. The van der Waals surface area contributed by atoms with Gasteiger partial charge in [0, 0.05) is 21.2 Å². The van der Waals surface area contributed by atoms with Crippen LogP contribution in [0.15, 0.2) is 41.3 Å². The summed E-state index contributed by atoms with van der Waals surface area (Å²) in [4.78, 5) is 1.37. The van der Waals surface area contributed by atoms with Crippen LogP contribution in [0.3, 0.4) is 0 Å². The Kier molecular flexibility index (Phi) is 5.33. The van der Waals surface area contributed by atoms with Crippen molar-refractivity contribution in [3.8, 4) is 5.75 Å². The van der Waals surface area contributed by atoms with Gasteiger partial charge in [-0.25, -0.2) is 0 Å². The first-order valence-electron chi connectivity index (χ1n) is 6.14. The summed E-state index contributed by atoms with van der Waals surface area (Å²) >= 11 is 12.8. The number of hydrogen-bond donors (Lipinski definition) is 2. The highest BCUT2D eigenvalue weighted by Crippen LogP contribution is 2.34. The van der Waals surface area contributed by atoms with E-state index in [9.17, 15) is 0 Å². The number of thiocarbonyl (C=S) groups is 1. The number of ether oxygens (including phenoxy) is 1. The van der Waals surface area contributed by atoms with Crippen LogP contribution >= 0.6 is 35.6 Å². The maximum Gasteiger partial charge on any atom is 0.142 e. The van der Waals surface area contributed by atoms with Crippen LogP contribution in [0.4, 0.5) is 11.4 Å². The molecule has 3 N–H and O–H groups in total. The van der Waals surface area contributed by atoms with Crippen LogP contribution in [0.25, 0.3) is 0 Å². The van der Waals surface area contributed by atoms with Gasteiger partial charge in [-0.1, -0.05) is 29.9 Å². The molecule has 0 aliphatic heterocycles. The smallest absolute Gasteiger partial charge is 0.142 e. The number of hydrogen-bond acceptors (Lipinski definition) is 4. The van der Waals surface area contributed by atoms with Crippen molar-refractivity contribution < 1.29 is 4.74 Å². The van der Waals surface area contributed by atoms with Gasteiger partial charge in [-0.05, 0) is 36.6 Å². The Balaban J connectivity index is 2.49. The lowest BCUT2D eigenvalue weighted by atomic mass is 10.1. The third-order valence-corrected chi connectivity index (χ3v) is 4.14. The molecule has 110 valence electrons. The summed E-state index contributed by atoms with van der Waals surface area (Å²) < 4.78 is 5.34. The van der Waals surface area contributed by atoms with Gasteiger partial charge in [0.05, 0.1) is 12.8 Å². The number of rotatable bonds is 5. The van der Waals surface area contributed by atoms with Gasteiger partial charge in [0.15, 0.2) is 0 Å². The predicted molar refractivity (Wildman–Crippen MR) is 95.4 cm³/mol. The molecule has 0 radical (unpaired) electrons. The highest BCUT2D eigenvalue weighted by Gasteiger charge is 2.12. The van der Waals surface area contributed by atoms with E-state index in [0.29, 0.717) is 15.8 Å². The summed E-state index contributed by atoms with van der Waals surface area (Å²) in [6.07, 6.45) is 1.99. The minimum absolute atomic E-state index is 0.350. The van der Waals surface area contributed by atoms with E-state index in [2.05, 4.69) is 5.32 Å². The van der Waals surface area contributed by atoms with E-state index in [4.69, 9.17) is 34.3 Å². The number of halogens is 1. The van der Waals surface area contributed by atoms with Crippen molar-refractivity contribution >= 4 is 51.9 Å². The fourth-order valence-electron chi connectivity index (χ4n) is 1.98. The van der Waals surface area contributed by atoms with Gasteiger partial charge in [0.2, 0.25) is 0 Å². The van der Waals surface area contributed by atoms with Crippen molar-refractivity contribution in [3.05, 3.63) is 47.0 Å². The van der Waals surface area contributed by atoms with E-state index in [-0.39, 0.29) is 0 Å². The Morgan fingerprint density at radius 2 is 2.05 bits per heavy atom. The highest BCUT2D eigenvalue weighted by atomic mass is 35.5. The second kappa shape index (κ2) is 7.02. The Labute approximate surface area is 138 Å². The van der Waals surface area contributed by atoms with Gasteiger partial charge < -0.3 is 15.8 Å². The summed E-state index contributed by atoms with van der Waals surface area (Å²) in [5.74, 6) is 0.697. The molecule has 0 spiro atoms. The average Bonchev–Trinajstić information content (AvgIpc) is 2.47. The summed E-state index contributed by atoms with van der Waals surface area (Å²) in [6, 6.07) is 11.2. The fourth-order valence-corrected chi connectivity index (χ4v) is 3.08. The van der Waals surface area contributed by atoms with Gasteiger partial charge in [-0.2, -0.15) is 0 Å². The molecular weight excluding hydrogens is 324 g/mol. The molecule has 6 heteroatoms. The minimum atomic E-state index is 0.350. The molecule has 2 aromatic rings. The van der Waals surface area contributed by atoms with Gasteiger partial charge in [-0.15, -0.1) is 11.8 Å². The second-order valence-electron chi connectivity index (χ2n) is 4.22. The van der Waals surface area contributed by atoms with Crippen LogP contribution in [-0.4, -0.2) is 18.4 Å². The number of nitrogens with two attached hydrogens (primary N) is 1. The Hall–Kier alpha value is -1.43. The van der Waals surface area contributed by atoms with Crippen molar-refractivity contribution in [1.82, 2.24) is 0 Å². The molecule has 0 aliphatic rings. The summed E-state index contributed by atoms with van der Waals surface area (Å²) in [6.45, 7) is 0. The van der Waals surface area contributed by atoms with Crippen molar-refractivity contribution in [2.24, 2.45) is 5.73 Å². The van der Waals surface area contributed by atoms with Crippen molar-refractivity contribution in [2.75, 3.05) is 18.7 Å². The molecule has 0 amide bonds. The fraction of sp³-hybridized carbons (Fsp3) is 0.133. The van der Waals surface area contributed by atoms with E-state index in [0.717, 1.165) is 21.8 Å². The number of anilines is 2. The van der Waals surface area contributed by atoms with Crippen LogP contribution in [0, 0.1) is 0 Å². The lowest BCUT2D eigenvalue weighted by Gasteiger charge is -2.16. The van der Waals surface area contributed by atoms with Gasteiger partial charge in [0.1, 0.15) is 10.7 Å². The molecule has 0 fully saturated rings. The van der Waals surface area contributed by atoms with Crippen LogP contribution in [0.2, 0.25) is 5.02 Å². The molecule has 21 heavy (non-hydrogen) atoms. The molecule has 0 heterocycles. The minimum Gasteiger partial charge on any atom is -0.495 e. The van der Waals surface area contributed by atoms with Crippen molar-refractivity contribution in [3.63, 3.8) is 0 Å². The van der Waals surface area contributed by atoms with Crippen molar-refractivity contribution in [2.45, 2.75) is 4.90 Å². The zero-order valence-corrected chi connectivity index (χ0v) is 14.0. The Morgan fingerprint density at radius 3 is 2.67 bits per heavy atom. The zero-order valence-electron chi connectivity index (χ0n) is 11.6. The number of methoxy groups -OCH3 is 1. The molecule has 0 aliphatic carbocycles. The maximum absolute atomic E-state index is 6.05. The predicted octanol–water partition coefficient (Wildman–Crippen LogP) is 4.45. The van der Waals surface area contributed by atoms with E-state index in [1.807, 2.05) is 30.5 Å². The molecule has 0 atom stereocenters. The first-order chi connectivity index (χ1) is 10.1. The monoisotopic (exact) mass is 338 g/mol. The van der Waals surface area contributed by atoms with E-state index >= 15 is 0 Å². The molecular formula is C15H15ClN2OS2.